The molecule has 0 aromatic carbocycles. The van der Waals surface area contributed by atoms with Crippen LogP contribution in [-0.2, 0) is 16.1 Å². The molecule has 0 bridgehead atoms. The van der Waals surface area contributed by atoms with Gasteiger partial charge >= 0.3 is 18.2 Å². The smallest absolute Gasteiger partial charge is 0.475 e. The van der Waals surface area contributed by atoms with E-state index < -0.39 is 12.1 Å². The molecule has 2 aliphatic heterocycles. The molecular formula is C17H24F3N3O5. The van der Waals surface area contributed by atoms with Gasteiger partial charge in [-0.05, 0) is 25.0 Å². The molecule has 3 rings (SSSR count). The number of fused-ring (bicyclic) bond motifs is 1. The number of urea groups is 1. The van der Waals surface area contributed by atoms with Crippen LogP contribution in [0.3, 0.4) is 0 Å². The number of furan rings is 1. The monoisotopic (exact) mass is 407 g/mol. The largest absolute Gasteiger partial charge is 0.490 e. The molecule has 0 saturated carbocycles. The van der Waals surface area contributed by atoms with Crippen LogP contribution >= 0.6 is 0 Å². The van der Waals surface area contributed by atoms with Gasteiger partial charge in [0.15, 0.2) is 0 Å². The highest BCUT2D eigenvalue weighted by atomic mass is 19.4. The third kappa shape index (κ3) is 5.86. The number of nitrogens with zero attached hydrogens (tertiary/aromatic N) is 2. The van der Waals surface area contributed by atoms with E-state index in [0.29, 0.717) is 6.04 Å². The highest BCUT2D eigenvalue weighted by Crippen LogP contribution is 2.30. The molecule has 28 heavy (non-hydrogen) atoms. The minimum absolute atomic E-state index is 0.0418. The van der Waals surface area contributed by atoms with Crippen LogP contribution in [-0.4, -0.2) is 78.5 Å². The van der Waals surface area contributed by atoms with Crippen LogP contribution in [0, 0.1) is 0 Å². The third-order valence-corrected chi connectivity index (χ3v) is 4.53. The van der Waals surface area contributed by atoms with Crippen LogP contribution in [0.15, 0.2) is 22.8 Å². The SMILES string of the molecule is CN(C)C(=O)N[C@@H]1CN(Cc2ccco2)[C@@H]2CCCO[C@@H]21.O=C(O)C(F)(F)F. The Balaban J connectivity index is 0.000000345. The van der Waals surface area contributed by atoms with Gasteiger partial charge in [-0.1, -0.05) is 0 Å². The number of aliphatic carboxylic acids is 1. The van der Waals surface area contributed by atoms with Crippen molar-refractivity contribution in [2.45, 2.75) is 43.8 Å². The Kier molecular flexibility index (Phi) is 7.30. The highest BCUT2D eigenvalue weighted by molar-refractivity contribution is 5.74. The first kappa shape index (κ1) is 22.0. The predicted octanol–water partition coefficient (Wildman–Crippen LogP) is 1.92. The van der Waals surface area contributed by atoms with E-state index >= 15 is 0 Å². The molecule has 8 nitrogen and oxygen atoms in total. The second kappa shape index (κ2) is 9.28. The van der Waals surface area contributed by atoms with Gasteiger partial charge < -0.3 is 24.5 Å². The van der Waals surface area contributed by atoms with E-state index in [1.54, 1.807) is 25.3 Å². The van der Waals surface area contributed by atoms with Crippen LogP contribution in [0.4, 0.5) is 18.0 Å². The van der Waals surface area contributed by atoms with E-state index in [1.165, 1.54) is 0 Å². The second-order valence-electron chi connectivity index (χ2n) is 6.81. The van der Waals surface area contributed by atoms with Crippen molar-refractivity contribution in [3.63, 3.8) is 0 Å². The van der Waals surface area contributed by atoms with Gasteiger partial charge in [0.25, 0.3) is 0 Å². The lowest BCUT2D eigenvalue weighted by atomic mass is 10.0. The number of hydrogen-bond donors (Lipinski definition) is 2. The van der Waals surface area contributed by atoms with Crippen LogP contribution in [0.5, 0.6) is 0 Å². The van der Waals surface area contributed by atoms with Gasteiger partial charge in [-0.15, -0.1) is 0 Å². The molecule has 1 aromatic heterocycles. The molecule has 2 amide bonds. The van der Waals surface area contributed by atoms with Gasteiger partial charge in [0, 0.05) is 33.3 Å². The molecular weight excluding hydrogens is 383 g/mol. The summed E-state index contributed by atoms with van der Waals surface area (Å²) in [5.74, 6) is -1.80. The van der Waals surface area contributed by atoms with Crippen LogP contribution in [0.2, 0.25) is 0 Å². The van der Waals surface area contributed by atoms with Gasteiger partial charge in [0.2, 0.25) is 0 Å². The van der Waals surface area contributed by atoms with Crippen molar-refractivity contribution in [3.05, 3.63) is 24.2 Å². The van der Waals surface area contributed by atoms with Crippen molar-refractivity contribution in [1.82, 2.24) is 15.1 Å². The zero-order valence-corrected chi connectivity index (χ0v) is 15.6. The highest BCUT2D eigenvalue weighted by Gasteiger charge is 2.44. The fraction of sp³-hybridized carbons (Fsp3) is 0.647. The summed E-state index contributed by atoms with van der Waals surface area (Å²) in [5, 5.41) is 10.2. The standard InChI is InChI=1S/C15H23N3O3.C2HF3O2/c1-17(2)15(19)16-12-10-18(9-11-5-3-7-20-11)13-6-4-8-21-14(12)13;3-2(4,5)1(6)7/h3,5,7,12-14H,4,6,8-10H2,1-2H3,(H,16,19);(H,6,7)/t12-,13-,14-;/m1./s1. The molecule has 3 atom stereocenters. The fourth-order valence-electron chi connectivity index (χ4n) is 3.25. The number of ether oxygens (including phenoxy) is 1. The van der Waals surface area contributed by atoms with E-state index in [1.807, 2.05) is 12.1 Å². The Hall–Kier alpha value is -2.27. The number of hydrogen-bond acceptors (Lipinski definition) is 5. The predicted molar refractivity (Wildman–Crippen MR) is 91.6 cm³/mol. The minimum Gasteiger partial charge on any atom is -0.475 e. The van der Waals surface area contributed by atoms with Crippen molar-refractivity contribution in [2.24, 2.45) is 0 Å². The number of carbonyl (C=O) groups excluding carboxylic acids is 1. The number of alkyl halides is 3. The lowest BCUT2D eigenvalue weighted by Crippen LogP contribution is -2.50. The summed E-state index contributed by atoms with van der Waals surface area (Å²) >= 11 is 0. The summed E-state index contributed by atoms with van der Waals surface area (Å²) < 4.78 is 43.1. The molecule has 3 heterocycles. The number of likely N-dealkylation sites (tertiary alicyclic amines) is 1. The molecule has 2 fully saturated rings. The first-order chi connectivity index (χ1) is 13.1. The zero-order valence-electron chi connectivity index (χ0n) is 15.6. The Morgan fingerprint density at radius 3 is 2.61 bits per heavy atom. The molecule has 0 aliphatic carbocycles. The summed E-state index contributed by atoms with van der Waals surface area (Å²) in [6.45, 7) is 2.35. The minimum atomic E-state index is -5.08. The lowest BCUT2D eigenvalue weighted by Gasteiger charge is -2.32. The Bertz CT molecular complexity index is 651. The first-order valence-electron chi connectivity index (χ1n) is 8.75. The van der Waals surface area contributed by atoms with Gasteiger partial charge in [0.1, 0.15) is 5.76 Å². The molecule has 2 aliphatic rings. The lowest BCUT2D eigenvalue weighted by molar-refractivity contribution is -0.192. The number of carboxylic acids is 1. The number of amides is 2. The summed E-state index contributed by atoms with van der Waals surface area (Å²) in [6, 6.07) is 4.24. The van der Waals surface area contributed by atoms with Crippen LogP contribution in [0.1, 0.15) is 18.6 Å². The van der Waals surface area contributed by atoms with Gasteiger partial charge in [-0.2, -0.15) is 13.2 Å². The zero-order chi connectivity index (χ0) is 20.9. The normalized spacial score (nSPS) is 24.7. The van der Waals surface area contributed by atoms with Crippen molar-refractivity contribution >= 4 is 12.0 Å². The maximum absolute atomic E-state index is 11.9. The van der Waals surface area contributed by atoms with Gasteiger partial charge in [0.05, 0.1) is 25.0 Å². The first-order valence-corrected chi connectivity index (χ1v) is 8.75. The number of carbonyl (C=O) groups is 2. The maximum atomic E-state index is 11.9. The van der Waals surface area contributed by atoms with E-state index in [9.17, 15) is 18.0 Å². The maximum Gasteiger partial charge on any atom is 0.490 e. The number of nitrogens with one attached hydrogen (secondary N) is 1. The second-order valence-corrected chi connectivity index (χ2v) is 6.81. The quantitative estimate of drug-likeness (QED) is 0.795. The molecule has 11 heteroatoms. The third-order valence-electron chi connectivity index (χ3n) is 4.53. The fourth-order valence-corrected chi connectivity index (χ4v) is 3.25. The van der Waals surface area contributed by atoms with E-state index in [0.717, 1.165) is 38.3 Å². The van der Waals surface area contributed by atoms with Gasteiger partial charge in [-0.25, -0.2) is 9.59 Å². The molecule has 2 saturated heterocycles. The summed E-state index contributed by atoms with van der Waals surface area (Å²) in [6.07, 6.45) is -1.12. The molecule has 1 aromatic rings. The van der Waals surface area contributed by atoms with Crippen molar-refractivity contribution in [3.8, 4) is 0 Å². The van der Waals surface area contributed by atoms with Crippen LogP contribution in [0.25, 0.3) is 0 Å². The number of rotatable bonds is 3. The molecule has 0 radical (unpaired) electrons. The summed E-state index contributed by atoms with van der Waals surface area (Å²) in [4.78, 5) is 24.7. The molecule has 0 spiro atoms. The average molecular weight is 407 g/mol. The molecule has 158 valence electrons. The summed E-state index contributed by atoms with van der Waals surface area (Å²) in [7, 11) is 3.51. The Labute approximate surface area is 160 Å². The van der Waals surface area contributed by atoms with E-state index in [2.05, 4.69) is 10.2 Å². The number of carboxylic acid groups (broad SMARTS) is 1. The number of halogens is 3. The molecule has 0 unspecified atom stereocenters. The van der Waals surface area contributed by atoms with E-state index in [4.69, 9.17) is 19.1 Å². The van der Waals surface area contributed by atoms with Gasteiger partial charge in [-0.3, -0.25) is 4.90 Å². The van der Waals surface area contributed by atoms with E-state index in [-0.39, 0.29) is 18.2 Å². The Morgan fingerprint density at radius 1 is 1.39 bits per heavy atom. The Morgan fingerprint density at radius 2 is 2.07 bits per heavy atom. The topological polar surface area (TPSA) is 95.3 Å². The van der Waals surface area contributed by atoms with Crippen molar-refractivity contribution in [1.29, 1.82) is 0 Å². The average Bonchev–Trinajstić information content (AvgIpc) is 3.24. The summed E-state index contributed by atoms with van der Waals surface area (Å²) in [5.41, 5.74) is 0. The van der Waals surface area contributed by atoms with Crippen molar-refractivity contribution in [2.75, 3.05) is 27.2 Å². The molecule has 2 N–H and O–H groups in total. The van der Waals surface area contributed by atoms with Crippen molar-refractivity contribution < 1.29 is 37.0 Å². The van der Waals surface area contributed by atoms with Crippen LogP contribution < -0.4 is 5.32 Å².